The minimum Gasteiger partial charge on any atom is -0.447 e. The van der Waals surface area contributed by atoms with Gasteiger partial charge in [0.15, 0.2) is 6.29 Å². The Hall–Kier alpha value is -1.36. The van der Waals surface area contributed by atoms with Crippen LogP contribution in [-0.2, 0) is 4.74 Å². The highest BCUT2D eigenvalue weighted by atomic mass is 79.9. The van der Waals surface area contributed by atoms with Crippen LogP contribution in [0.5, 0.6) is 0 Å². The highest BCUT2D eigenvalue weighted by Gasteiger charge is 2.07. The summed E-state index contributed by atoms with van der Waals surface area (Å²) in [5, 5.41) is 2.53. The van der Waals surface area contributed by atoms with E-state index in [9.17, 15) is 9.59 Å². The smallest absolute Gasteiger partial charge is 0.411 e. The van der Waals surface area contributed by atoms with E-state index in [4.69, 9.17) is 4.74 Å². The Labute approximate surface area is 102 Å². The third kappa shape index (κ3) is 3.66. The van der Waals surface area contributed by atoms with Gasteiger partial charge >= 0.3 is 6.09 Å². The van der Waals surface area contributed by atoms with Gasteiger partial charge in [-0.15, -0.1) is 0 Å². The Morgan fingerprint density at radius 3 is 2.75 bits per heavy atom. The molecule has 4 nitrogen and oxygen atoms in total. The minimum atomic E-state index is -0.533. The van der Waals surface area contributed by atoms with Gasteiger partial charge in [0.1, 0.15) is 0 Å². The number of anilines is 1. The summed E-state index contributed by atoms with van der Waals surface area (Å²) >= 11 is 3.22. The average Bonchev–Trinajstić information content (AvgIpc) is 2.19. The number of aldehydes is 1. The minimum absolute atomic E-state index is 0.180. The topological polar surface area (TPSA) is 55.4 Å². The normalized spacial score (nSPS) is 10.0. The number of nitrogens with one attached hydrogen (secondary N) is 1. The van der Waals surface area contributed by atoms with E-state index in [2.05, 4.69) is 21.2 Å². The van der Waals surface area contributed by atoms with Crippen molar-refractivity contribution >= 4 is 34.0 Å². The average molecular weight is 286 g/mol. The first-order valence-corrected chi connectivity index (χ1v) is 5.54. The molecule has 0 aliphatic heterocycles. The van der Waals surface area contributed by atoms with E-state index < -0.39 is 6.09 Å². The number of halogens is 1. The van der Waals surface area contributed by atoms with Crippen molar-refractivity contribution in [3.8, 4) is 0 Å². The Bertz CT molecular complexity index is 404. The zero-order chi connectivity index (χ0) is 12.1. The summed E-state index contributed by atoms with van der Waals surface area (Å²) in [6, 6.07) is 4.94. The molecule has 0 radical (unpaired) electrons. The zero-order valence-corrected chi connectivity index (χ0v) is 10.6. The summed E-state index contributed by atoms with van der Waals surface area (Å²) < 4.78 is 5.59. The molecule has 0 saturated carbocycles. The molecular formula is C11H12BrNO3. The Kier molecular flexibility index (Phi) is 4.49. The summed E-state index contributed by atoms with van der Waals surface area (Å²) in [5.41, 5.74) is 0.998. The van der Waals surface area contributed by atoms with Crippen LogP contribution >= 0.6 is 15.9 Å². The number of rotatable bonds is 3. The van der Waals surface area contributed by atoms with Gasteiger partial charge in [0.2, 0.25) is 0 Å². The number of benzene rings is 1. The third-order valence-corrected chi connectivity index (χ3v) is 2.43. The van der Waals surface area contributed by atoms with E-state index in [0.29, 0.717) is 22.0 Å². The number of carbonyl (C=O) groups excluding carboxylic acids is 2. The standard InChI is InChI=1S/C11H12BrNO3/c1-7(2)16-11(15)13-9-3-4-10(12)8(5-9)6-14/h3-7H,1-2H3,(H,13,15). The SMILES string of the molecule is CC(C)OC(=O)Nc1ccc(Br)c(C=O)c1. The van der Waals surface area contributed by atoms with Crippen molar-refractivity contribution < 1.29 is 14.3 Å². The number of carbonyl (C=O) groups is 2. The van der Waals surface area contributed by atoms with Crippen LogP contribution in [0.1, 0.15) is 24.2 Å². The molecule has 5 heteroatoms. The predicted molar refractivity (Wildman–Crippen MR) is 64.8 cm³/mol. The van der Waals surface area contributed by atoms with Crippen LogP contribution in [0.3, 0.4) is 0 Å². The Morgan fingerprint density at radius 1 is 1.50 bits per heavy atom. The molecule has 1 rings (SSSR count). The Morgan fingerprint density at radius 2 is 2.19 bits per heavy atom. The first-order valence-electron chi connectivity index (χ1n) is 4.75. The molecule has 1 amide bonds. The van der Waals surface area contributed by atoms with Gasteiger partial charge in [-0.1, -0.05) is 15.9 Å². The maximum atomic E-state index is 11.3. The van der Waals surface area contributed by atoms with Gasteiger partial charge in [0.25, 0.3) is 0 Å². The predicted octanol–water partition coefficient (Wildman–Crippen LogP) is 3.22. The molecule has 0 atom stereocenters. The van der Waals surface area contributed by atoms with Gasteiger partial charge in [-0.2, -0.15) is 0 Å². The molecule has 1 N–H and O–H groups in total. The molecular weight excluding hydrogens is 274 g/mol. The summed E-state index contributed by atoms with van der Waals surface area (Å²) in [6.45, 7) is 3.52. The van der Waals surface area contributed by atoms with Crippen LogP contribution in [0.15, 0.2) is 22.7 Å². The number of amides is 1. The molecule has 86 valence electrons. The number of hydrogen-bond donors (Lipinski definition) is 1. The maximum Gasteiger partial charge on any atom is 0.411 e. The summed E-state index contributed by atoms with van der Waals surface area (Å²) in [6.07, 6.45) is -0.00146. The third-order valence-electron chi connectivity index (χ3n) is 1.71. The Balaban J connectivity index is 2.74. The van der Waals surface area contributed by atoms with Crippen molar-refractivity contribution in [2.75, 3.05) is 5.32 Å². The van der Waals surface area contributed by atoms with Crippen molar-refractivity contribution in [1.82, 2.24) is 0 Å². The second-order valence-electron chi connectivity index (χ2n) is 3.43. The first-order chi connectivity index (χ1) is 7.52. The lowest BCUT2D eigenvalue weighted by molar-refractivity contribution is 0.112. The van der Waals surface area contributed by atoms with Gasteiger partial charge in [-0.25, -0.2) is 4.79 Å². The van der Waals surface area contributed by atoms with E-state index in [1.165, 1.54) is 0 Å². The molecule has 0 aliphatic carbocycles. The van der Waals surface area contributed by atoms with Crippen LogP contribution < -0.4 is 5.32 Å². The fourth-order valence-electron chi connectivity index (χ4n) is 1.07. The molecule has 0 heterocycles. The zero-order valence-electron chi connectivity index (χ0n) is 8.99. The van der Waals surface area contributed by atoms with Crippen LogP contribution in [-0.4, -0.2) is 18.5 Å². The van der Waals surface area contributed by atoms with E-state index in [1.807, 2.05) is 0 Å². The fourth-order valence-corrected chi connectivity index (χ4v) is 1.41. The molecule has 0 bridgehead atoms. The van der Waals surface area contributed by atoms with Gasteiger partial charge in [0.05, 0.1) is 6.10 Å². The van der Waals surface area contributed by atoms with Gasteiger partial charge in [-0.05, 0) is 32.0 Å². The van der Waals surface area contributed by atoms with Crippen LogP contribution in [0, 0.1) is 0 Å². The van der Waals surface area contributed by atoms with Crippen LogP contribution in [0.2, 0.25) is 0 Å². The largest absolute Gasteiger partial charge is 0.447 e. The second kappa shape index (κ2) is 5.65. The van der Waals surface area contributed by atoms with E-state index >= 15 is 0 Å². The summed E-state index contributed by atoms with van der Waals surface area (Å²) in [5.74, 6) is 0. The highest BCUT2D eigenvalue weighted by Crippen LogP contribution is 2.19. The molecule has 1 aromatic carbocycles. The lowest BCUT2D eigenvalue weighted by Crippen LogP contribution is -2.18. The lowest BCUT2D eigenvalue weighted by Gasteiger charge is -2.09. The second-order valence-corrected chi connectivity index (χ2v) is 4.29. The van der Waals surface area contributed by atoms with E-state index in [0.717, 1.165) is 0 Å². The van der Waals surface area contributed by atoms with E-state index in [-0.39, 0.29) is 6.10 Å². The van der Waals surface area contributed by atoms with Crippen molar-refractivity contribution in [1.29, 1.82) is 0 Å². The molecule has 16 heavy (non-hydrogen) atoms. The fraction of sp³-hybridized carbons (Fsp3) is 0.273. The monoisotopic (exact) mass is 285 g/mol. The van der Waals surface area contributed by atoms with Crippen molar-refractivity contribution in [2.24, 2.45) is 0 Å². The molecule has 0 saturated heterocycles. The molecule has 0 unspecified atom stereocenters. The van der Waals surface area contributed by atoms with Crippen LogP contribution in [0.25, 0.3) is 0 Å². The quantitative estimate of drug-likeness (QED) is 0.868. The molecule has 0 aromatic heterocycles. The van der Waals surface area contributed by atoms with Gasteiger partial charge in [-0.3, -0.25) is 10.1 Å². The molecule has 0 spiro atoms. The van der Waals surface area contributed by atoms with E-state index in [1.54, 1.807) is 32.0 Å². The van der Waals surface area contributed by atoms with Crippen molar-refractivity contribution in [2.45, 2.75) is 20.0 Å². The molecule has 1 aromatic rings. The van der Waals surface area contributed by atoms with Crippen molar-refractivity contribution in [3.63, 3.8) is 0 Å². The van der Waals surface area contributed by atoms with Gasteiger partial charge in [0, 0.05) is 15.7 Å². The first kappa shape index (κ1) is 12.7. The summed E-state index contributed by atoms with van der Waals surface area (Å²) in [7, 11) is 0. The van der Waals surface area contributed by atoms with Gasteiger partial charge < -0.3 is 4.74 Å². The highest BCUT2D eigenvalue weighted by molar-refractivity contribution is 9.10. The maximum absolute atomic E-state index is 11.3. The van der Waals surface area contributed by atoms with Crippen LogP contribution in [0.4, 0.5) is 10.5 Å². The number of hydrogen-bond acceptors (Lipinski definition) is 3. The molecule has 0 aliphatic rings. The number of ether oxygens (including phenoxy) is 1. The molecule has 0 fully saturated rings. The lowest BCUT2D eigenvalue weighted by atomic mass is 10.2. The van der Waals surface area contributed by atoms with Crippen molar-refractivity contribution in [3.05, 3.63) is 28.2 Å². The summed E-state index contributed by atoms with van der Waals surface area (Å²) in [4.78, 5) is 21.9.